The van der Waals surface area contributed by atoms with E-state index >= 15 is 0 Å². The van der Waals surface area contributed by atoms with E-state index in [0.29, 0.717) is 18.2 Å². The summed E-state index contributed by atoms with van der Waals surface area (Å²) in [6, 6.07) is 13.7. The molecule has 1 amide bonds. The van der Waals surface area contributed by atoms with Crippen molar-refractivity contribution in [2.75, 3.05) is 24.5 Å². The van der Waals surface area contributed by atoms with E-state index in [1.165, 1.54) is 17.5 Å². The lowest BCUT2D eigenvalue weighted by atomic mass is 9.97. The highest BCUT2D eigenvalue weighted by atomic mass is 16.3. The summed E-state index contributed by atoms with van der Waals surface area (Å²) in [4.78, 5) is 24.5. The normalized spacial score (nSPS) is 18.3. The molecule has 154 valence electrons. The van der Waals surface area contributed by atoms with Gasteiger partial charge in [-0.25, -0.2) is 9.97 Å². The molecule has 1 aromatic carbocycles. The average molecular weight is 402 g/mol. The largest absolute Gasteiger partial charge is 0.459 e. The minimum absolute atomic E-state index is 0.147. The van der Waals surface area contributed by atoms with Gasteiger partial charge in [0.05, 0.1) is 6.26 Å². The first-order valence-electron chi connectivity index (χ1n) is 10.8. The fourth-order valence-corrected chi connectivity index (χ4v) is 4.55. The second-order valence-electron chi connectivity index (χ2n) is 8.16. The molecule has 5 rings (SSSR count). The Bertz CT molecular complexity index is 1020. The van der Waals surface area contributed by atoms with Crippen molar-refractivity contribution in [1.29, 1.82) is 0 Å². The van der Waals surface area contributed by atoms with Crippen LogP contribution >= 0.6 is 0 Å². The van der Waals surface area contributed by atoms with Gasteiger partial charge in [0.1, 0.15) is 5.82 Å². The van der Waals surface area contributed by atoms with Crippen LogP contribution in [-0.2, 0) is 12.8 Å². The molecule has 30 heavy (non-hydrogen) atoms. The number of nitrogens with zero attached hydrogens (tertiary/aromatic N) is 3. The molecule has 2 aromatic heterocycles. The van der Waals surface area contributed by atoms with Gasteiger partial charge in [0.2, 0.25) is 0 Å². The van der Waals surface area contributed by atoms with Gasteiger partial charge in [-0.3, -0.25) is 4.79 Å². The smallest absolute Gasteiger partial charge is 0.286 e. The van der Waals surface area contributed by atoms with Crippen LogP contribution in [0.5, 0.6) is 0 Å². The topological polar surface area (TPSA) is 71.3 Å². The number of amides is 1. The Balaban J connectivity index is 1.34. The summed E-state index contributed by atoms with van der Waals surface area (Å²) in [5.41, 5.74) is 3.58. The van der Waals surface area contributed by atoms with E-state index in [0.717, 1.165) is 62.4 Å². The predicted octanol–water partition coefficient (Wildman–Crippen LogP) is 3.87. The second kappa shape index (κ2) is 8.30. The van der Waals surface area contributed by atoms with Gasteiger partial charge in [-0.1, -0.05) is 30.3 Å². The molecule has 1 aliphatic heterocycles. The highest BCUT2D eigenvalue weighted by Crippen LogP contribution is 2.33. The predicted molar refractivity (Wildman–Crippen MR) is 115 cm³/mol. The average Bonchev–Trinajstić information content (AvgIpc) is 3.50. The van der Waals surface area contributed by atoms with Gasteiger partial charge in [0.25, 0.3) is 5.91 Å². The van der Waals surface area contributed by atoms with E-state index in [1.807, 2.05) is 18.2 Å². The zero-order valence-electron chi connectivity index (χ0n) is 17.0. The molecule has 1 atom stereocenters. The molecule has 0 radical (unpaired) electrons. The van der Waals surface area contributed by atoms with E-state index in [4.69, 9.17) is 14.4 Å². The molecule has 1 unspecified atom stereocenters. The van der Waals surface area contributed by atoms with E-state index in [9.17, 15) is 4.79 Å². The lowest BCUT2D eigenvalue weighted by Crippen LogP contribution is -2.41. The van der Waals surface area contributed by atoms with Crippen LogP contribution in [0, 0.1) is 5.92 Å². The van der Waals surface area contributed by atoms with E-state index in [-0.39, 0.29) is 5.91 Å². The van der Waals surface area contributed by atoms with Crippen molar-refractivity contribution in [2.45, 2.75) is 32.1 Å². The van der Waals surface area contributed by atoms with E-state index in [2.05, 4.69) is 22.3 Å². The van der Waals surface area contributed by atoms with Crippen molar-refractivity contribution in [3.8, 4) is 11.4 Å². The van der Waals surface area contributed by atoms with Crippen LogP contribution in [-0.4, -0.2) is 35.5 Å². The summed E-state index contributed by atoms with van der Waals surface area (Å²) >= 11 is 0. The van der Waals surface area contributed by atoms with Gasteiger partial charge in [0.15, 0.2) is 11.6 Å². The SMILES string of the molecule is O=C(NCC1CCCN(c2nc(-c3ccccc3)nc3c2CCC3)C1)c1ccco1. The number of fused-ring (bicyclic) bond motifs is 1. The molecule has 0 saturated carbocycles. The van der Waals surface area contributed by atoms with Gasteiger partial charge in [-0.15, -0.1) is 0 Å². The number of anilines is 1. The second-order valence-corrected chi connectivity index (χ2v) is 8.16. The standard InChI is InChI=1S/C24H26N4O2/c29-24(21-12-6-14-30-21)25-15-17-7-5-13-28(16-17)23-19-10-4-11-20(19)26-22(27-23)18-8-2-1-3-9-18/h1-3,6,8-9,12,14,17H,4-5,7,10-11,13,15-16H2,(H,25,29). The van der Waals surface area contributed by atoms with E-state index < -0.39 is 0 Å². The molecule has 1 fully saturated rings. The van der Waals surface area contributed by atoms with Crippen molar-refractivity contribution in [3.05, 3.63) is 65.7 Å². The number of aromatic nitrogens is 2. The number of hydrogen-bond donors (Lipinski definition) is 1. The molecule has 6 heteroatoms. The highest BCUT2D eigenvalue weighted by Gasteiger charge is 2.27. The van der Waals surface area contributed by atoms with Crippen LogP contribution in [0.25, 0.3) is 11.4 Å². The first-order chi connectivity index (χ1) is 14.8. The monoisotopic (exact) mass is 402 g/mol. The third-order valence-electron chi connectivity index (χ3n) is 6.06. The van der Waals surface area contributed by atoms with Gasteiger partial charge in [-0.2, -0.15) is 0 Å². The number of benzene rings is 1. The number of nitrogens with one attached hydrogen (secondary N) is 1. The molecule has 2 aliphatic rings. The van der Waals surface area contributed by atoms with Crippen molar-refractivity contribution < 1.29 is 9.21 Å². The summed E-state index contributed by atoms with van der Waals surface area (Å²) in [6.45, 7) is 2.55. The maximum absolute atomic E-state index is 12.2. The zero-order valence-corrected chi connectivity index (χ0v) is 17.0. The van der Waals surface area contributed by atoms with Crippen LogP contribution in [0.15, 0.2) is 53.1 Å². The quantitative estimate of drug-likeness (QED) is 0.701. The molecule has 3 heterocycles. The first kappa shape index (κ1) is 18.9. The Hall–Kier alpha value is -3.15. The van der Waals surface area contributed by atoms with Gasteiger partial charge in [0, 0.05) is 36.5 Å². The first-order valence-corrected chi connectivity index (χ1v) is 10.8. The van der Waals surface area contributed by atoms with Crippen LogP contribution < -0.4 is 10.2 Å². The zero-order chi connectivity index (χ0) is 20.3. The van der Waals surface area contributed by atoms with Crippen molar-refractivity contribution in [3.63, 3.8) is 0 Å². The number of carbonyl (C=O) groups is 1. The van der Waals surface area contributed by atoms with Gasteiger partial charge >= 0.3 is 0 Å². The fourth-order valence-electron chi connectivity index (χ4n) is 4.55. The number of rotatable bonds is 5. The van der Waals surface area contributed by atoms with Crippen molar-refractivity contribution in [1.82, 2.24) is 15.3 Å². The third kappa shape index (κ3) is 3.82. The number of aryl methyl sites for hydroxylation is 1. The fraction of sp³-hybridized carbons (Fsp3) is 0.375. The van der Waals surface area contributed by atoms with Crippen LogP contribution in [0.2, 0.25) is 0 Å². The van der Waals surface area contributed by atoms with Crippen LogP contribution in [0.3, 0.4) is 0 Å². The summed E-state index contributed by atoms with van der Waals surface area (Å²) in [5, 5.41) is 3.02. The molecule has 1 saturated heterocycles. The number of carbonyl (C=O) groups excluding carboxylic acids is 1. The van der Waals surface area contributed by atoms with Crippen LogP contribution in [0.4, 0.5) is 5.82 Å². The summed E-state index contributed by atoms with van der Waals surface area (Å²) in [7, 11) is 0. The van der Waals surface area contributed by atoms with E-state index in [1.54, 1.807) is 12.1 Å². The molecular formula is C24H26N4O2. The molecule has 6 nitrogen and oxygen atoms in total. The number of furan rings is 1. The minimum atomic E-state index is -0.147. The number of piperidine rings is 1. The maximum Gasteiger partial charge on any atom is 0.286 e. The van der Waals surface area contributed by atoms with Crippen molar-refractivity contribution >= 4 is 11.7 Å². The lowest BCUT2D eigenvalue weighted by Gasteiger charge is -2.34. The Kier molecular flexibility index (Phi) is 5.22. The molecule has 3 aromatic rings. The Labute approximate surface area is 176 Å². The third-order valence-corrected chi connectivity index (χ3v) is 6.06. The summed E-state index contributed by atoms with van der Waals surface area (Å²) in [6.07, 6.45) is 6.95. The molecule has 0 bridgehead atoms. The Morgan fingerprint density at radius 1 is 1.10 bits per heavy atom. The molecular weight excluding hydrogens is 376 g/mol. The van der Waals surface area contributed by atoms with Gasteiger partial charge < -0.3 is 14.6 Å². The number of hydrogen-bond acceptors (Lipinski definition) is 5. The minimum Gasteiger partial charge on any atom is -0.459 e. The summed E-state index contributed by atoms with van der Waals surface area (Å²) < 4.78 is 5.19. The Morgan fingerprint density at radius 2 is 2.00 bits per heavy atom. The summed E-state index contributed by atoms with van der Waals surface area (Å²) in [5.74, 6) is 2.53. The molecule has 1 N–H and O–H groups in total. The van der Waals surface area contributed by atoms with Gasteiger partial charge in [-0.05, 0) is 50.2 Å². The lowest BCUT2D eigenvalue weighted by molar-refractivity contribution is 0.0918. The maximum atomic E-state index is 12.2. The molecule has 0 spiro atoms. The van der Waals surface area contributed by atoms with Crippen LogP contribution in [0.1, 0.15) is 41.1 Å². The Morgan fingerprint density at radius 3 is 2.83 bits per heavy atom. The highest BCUT2D eigenvalue weighted by molar-refractivity contribution is 5.91. The molecule has 1 aliphatic carbocycles. The van der Waals surface area contributed by atoms with Crippen molar-refractivity contribution in [2.24, 2.45) is 5.92 Å².